The first-order chi connectivity index (χ1) is 4.98. The van der Waals surface area contributed by atoms with E-state index in [1.165, 1.54) is 5.48 Å². The summed E-state index contributed by atoms with van der Waals surface area (Å²) in [6.45, 7) is -0.377. The number of hydrogen-bond donors (Lipinski definition) is 2. The van der Waals surface area contributed by atoms with Crippen LogP contribution in [0, 0.1) is 0 Å². The molecule has 0 saturated heterocycles. The molecule has 11 heavy (non-hydrogen) atoms. The van der Waals surface area contributed by atoms with Crippen molar-refractivity contribution in [3.8, 4) is 0 Å². The third-order valence-corrected chi connectivity index (χ3v) is 1.00. The van der Waals surface area contributed by atoms with Crippen LogP contribution in [0.25, 0.3) is 0 Å². The summed E-state index contributed by atoms with van der Waals surface area (Å²) in [6, 6.07) is -1.23. The van der Waals surface area contributed by atoms with Crippen LogP contribution in [0.1, 0.15) is 0 Å². The van der Waals surface area contributed by atoms with Crippen LogP contribution in [0.2, 0.25) is 0 Å². The van der Waals surface area contributed by atoms with Crippen molar-refractivity contribution in [3.63, 3.8) is 0 Å². The van der Waals surface area contributed by atoms with Gasteiger partial charge in [-0.2, -0.15) is 13.9 Å². The first-order valence-electron chi connectivity index (χ1n) is 2.08. The van der Waals surface area contributed by atoms with Gasteiger partial charge in [-0.25, -0.2) is 4.79 Å². The molecular weight excluding hydrogens is 180 g/mol. The lowest BCUT2D eigenvalue weighted by atomic mass is 11.2. The van der Waals surface area contributed by atoms with Gasteiger partial charge in [0.1, 0.15) is 0 Å². The van der Waals surface area contributed by atoms with Crippen molar-refractivity contribution < 1.29 is 26.5 Å². The Kier molecular flexibility index (Phi) is 3.27. The zero-order valence-corrected chi connectivity index (χ0v) is 5.83. The highest BCUT2D eigenvalue weighted by molar-refractivity contribution is 7.82. The zero-order chi connectivity index (χ0) is 8.91. The first-order valence-corrected chi connectivity index (χ1v) is 3.42. The van der Waals surface area contributed by atoms with Gasteiger partial charge in [0.25, 0.3) is 0 Å². The minimum Gasteiger partial charge on any atom is -0.350 e. The molecule has 0 spiro atoms. The fraction of sp³-hybridized carbons (Fsp3) is 0. The SMILES string of the molecule is NC(=O)NOS(=O)(=O)OC=O. The number of hydrogen-bond acceptors (Lipinski definition) is 6. The predicted molar refractivity (Wildman–Crippen MR) is 29.9 cm³/mol. The number of carbonyl (C=O) groups excluding carboxylic acids is 2. The van der Waals surface area contributed by atoms with Gasteiger partial charge in [0.15, 0.2) is 0 Å². The zero-order valence-electron chi connectivity index (χ0n) is 5.01. The monoisotopic (exact) mass is 184 g/mol. The number of rotatable bonds is 4. The van der Waals surface area contributed by atoms with E-state index in [1.54, 1.807) is 0 Å². The normalized spacial score (nSPS) is 10.2. The van der Waals surface area contributed by atoms with E-state index >= 15 is 0 Å². The quantitative estimate of drug-likeness (QED) is 0.384. The molecule has 8 nitrogen and oxygen atoms in total. The maximum atomic E-state index is 10.2. The Labute approximate surface area is 61.5 Å². The summed E-state index contributed by atoms with van der Waals surface area (Å²) in [7, 11) is -4.51. The van der Waals surface area contributed by atoms with E-state index in [0.29, 0.717) is 0 Å². The molecular formula is C2H4N2O6S. The summed E-state index contributed by atoms with van der Waals surface area (Å²) < 4.78 is 27.3. The highest BCUT2D eigenvalue weighted by Gasteiger charge is 2.12. The lowest BCUT2D eigenvalue weighted by Crippen LogP contribution is -2.32. The van der Waals surface area contributed by atoms with Crippen LogP contribution in [0.15, 0.2) is 0 Å². The molecule has 0 aromatic rings. The third-order valence-electron chi connectivity index (χ3n) is 0.401. The molecule has 64 valence electrons. The number of amides is 2. The first kappa shape index (κ1) is 9.65. The molecule has 0 aliphatic carbocycles. The van der Waals surface area contributed by atoms with Crippen LogP contribution in [0.5, 0.6) is 0 Å². The molecule has 0 rings (SSSR count). The van der Waals surface area contributed by atoms with E-state index in [-0.39, 0.29) is 6.47 Å². The number of urea groups is 1. The average Bonchev–Trinajstić information content (AvgIpc) is 1.84. The number of nitrogens with two attached hydrogens (primary N) is 1. The van der Waals surface area contributed by atoms with Gasteiger partial charge in [-0.15, -0.1) is 4.28 Å². The van der Waals surface area contributed by atoms with Gasteiger partial charge in [0.05, 0.1) is 0 Å². The highest BCUT2D eigenvalue weighted by Crippen LogP contribution is 1.87. The van der Waals surface area contributed by atoms with Crippen LogP contribution in [-0.4, -0.2) is 20.9 Å². The molecule has 0 aromatic carbocycles. The predicted octanol–water partition coefficient (Wildman–Crippen LogP) is -2.00. The van der Waals surface area contributed by atoms with E-state index in [4.69, 9.17) is 0 Å². The minimum absolute atomic E-state index is 0.377. The Morgan fingerprint density at radius 2 is 2.09 bits per heavy atom. The fourth-order valence-corrected chi connectivity index (χ4v) is 0.480. The number of hydroxylamine groups is 1. The lowest BCUT2D eigenvalue weighted by Gasteiger charge is -1.98. The van der Waals surface area contributed by atoms with Crippen molar-refractivity contribution in [3.05, 3.63) is 0 Å². The number of primary amides is 1. The summed E-state index contributed by atoms with van der Waals surface area (Å²) in [4.78, 5) is 19.3. The van der Waals surface area contributed by atoms with Crippen LogP contribution in [-0.2, 0) is 23.7 Å². The lowest BCUT2D eigenvalue weighted by molar-refractivity contribution is -0.121. The van der Waals surface area contributed by atoms with E-state index in [2.05, 4.69) is 14.2 Å². The highest BCUT2D eigenvalue weighted by atomic mass is 32.3. The Balaban J connectivity index is 3.93. The van der Waals surface area contributed by atoms with E-state index < -0.39 is 16.4 Å². The Hall–Kier alpha value is -1.35. The van der Waals surface area contributed by atoms with Gasteiger partial charge in [-0.3, -0.25) is 4.79 Å². The Bertz CT molecular complexity index is 243. The van der Waals surface area contributed by atoms with Crippen molar-refractivity contribution in [2.75, 3.05) is 0 Å². The van der Waals surface area contributed by atoms with Crippen molar-refractivity contribution in [2.24, 2.45) is 5.73 Å². The van der Waals surface area contributed by atoms with Crippen molar-refractivity contribution >= 4 is 22.9 Å². The second kappa shape index (κ2) is 3.73. The molecule has 3 N–H and O–H groups in total. The number of nitrogens with one attached hydrogen (secondary N) is 1. The van der Waals surface area contributed by atoms with Crippen molar-refractivity contribution in [1.29, 1.82) is 0 Å². The Morgan fingerprint density at radius 1 is 1.55 bits per heavy atom. The summed E-state index contributed by atoms with van der Waals surface area (Å²) in [6.07, 6.45) is 0. The van der Waals surface area contributed by atoms with Crippen LogP contribution in [0.4, 0.5) is 4.79 Å². The van der Waals surface area contributed by atoms with Crippen molar-refractivity contribution in [1.82, 2.24) is 5.48 Å². The van der Waals surface area contributed by atoms with Gasteiger partial charge in [-0.1, -0.05) is 0 Å². The second-order valence-corrected chi connectivity index (χ2v) is 2.33. The average molecular weight is 184 g/mol. The maximum Gasteiger partial charge on any atom is 0.473 e. The minimum atomic E-state index is -4.51. The van der Waals surface area contributed by atoms with Crippen LogP contribution < -0.4 is 11.2 Å². The van der Waals surface area contributed by atoms with Crippen LogP contribution >= 0.6 is 0 Å². The van der Waals surface area contributed by atoms with Crippen molar-refractivity contribution in [2.45, 2.75) is 0 Å². The second-order valence-electron chi connectivity index (χ2n) is 1.15. The molecule has 0 fully saturated rings. The van der Waals surface area contributed by atoms with Gasteiger partial charge in [0, 0.05) is 0 Å². The molecule has 0 aromatic heterocycles. The summed E-state index contributed by atoms with van der Waals surface area (Å²) in [5.74, 6) is 0. The molecule has 0 bridgehead atoms. The van der Waals surface area contributed by atoms with E-state index in [1.807, 2.05) is 0 Å². The summed E-state index contributed by atoms with van der Waals surface area (Å²) >= 11 is 0. The van der Waals surface area contributed by atoms with Crippen LogP contribution in [0.3, 0.4) is 0 Å². The van der Waals surface area contributed by atoms with E-state index in [9.17, 15) is 18.0 Å². The molecule has 0 saturated carbocycles. The molecule has 2 amide bonds. The molecule has 0 atom stereocenters. The maximum absolute atomic E-state index is 10.2. The standard InChI is InChI=1S/C2H4N2O6S/c3-2(6)4-10-11(7,8)9-1-5/h1H,(H3,3,4,6). The summed E-state index contributed by atoms with van der Waals surface area (Å²) in [5, 5.41) is 0. The third kappa shape index (κ3) is 5.11. The molecule has 0 heterocycles. The van der Waals surface area contributed by atoms with Gasteiger partial charge < -0.3 is 9.92 Å². The summed E-state index contributed by atoms with van der Waals surface area (Å²) in [5.41, 5.74) is 5.65. The largest absolute Gasteiger partial charge is 0.473 e. The Morgan fingerprint density at radius 3 is 2.45 bits per heavy atom. The number of carbonyl (C=O) groups is 2. The topological polar surface area (TPSA) is 125 Å². The van der Waals surface area contributed by atoms with E-state index in [0.717, 1.165) is 0 Å². The smallest absolute Gasteiger partial charge is 0.350 e. The molecule has 0 aliphatic rings. The molecule has 0 unspecified atom stereocenters. The fourth-order valence-electron chi connectivity index (χ4n) is 0.160. The molecule has 0 radical (unpaired) electrons. The molecule has 0 aliphatic heterocycles. The molecule has 9 heteroatoms. The van der Waals surface area contributed by atoms with Gasteiger partial charge in [0.2, 0.25) is 0 Å². The van der Waals surface area contributed by atoms with Gasteiger partial charge in [-0.05, 0) is 0 Å². The van der Waals surface area contributed by atoms with Gasteiger partial charge >= 0.3 is 22.9 Å².